The van der Waals surface area contributed by atoms with Crippen molar-refractivity contribution >= 4 is 21.9 Å². The average molecular weight is 559 g/mol. The van der Waals surface area contributed by atoms with Crippen molar-refractivity contribution in [3.63, 3.8) is 0 Å². The lowest BCUT2D eigenvalue weighted by atomic mass is 9.90. The molecule has 0 aliphatic carbocycles. The molecule has 5 rings (SSSR count). The van der Waals surface area contributed by atoms with Crippen LogP contribution in [0.25, 0.3) is 11.3 Å². The molecule has 2 unspecified atom stereocenters. The van der Waals surface area contributed by atoms with Crippen LogP contribution in [0.3, 0.4) is 0 Å². The van der Waals surface area contributed by atoms with Gasteiger partial charge in [0.1, 0.15) is 6.10 Å². The summed E-state index contributed by atoms with van der Waals surface area (Å²) in [4.78, 5) is 20.1. The number of hydrogen-bond donors (Lipinski definition) is 3. The third-order valence-electron chi connectivity index (χ3n) is 6.93. The molecule has 2 atom stereocenters. The molecule has 1 aliphatic heterocycles. The largest absolute Gasteiger partial charge is 0.478 e. The lowest BCUT2D eigenvalue weighted by molar-refractivity contribution is 0.0696. The van der Waals surface area contributed by atoms with E-state index in [1.165, 1.54) is 23.8 Å². The highest BCUT2D eigenvalue weighted by atomic mass is 32.2. The standard InChI is InChI=1S/C30H30N4O5S/c1-19-8-6-9-20(2)28(19)26-16-27(39-24-14-23(17-31-18-24)21-10-4-3-5-11-21)33-30(32-26)34-40(37,38)25-13-7-12-22(15-25)29(35)36/h3-13,15-16,23-24,31H,14,17-18H2,1-2H3,(H,35,36)(H,32,33,34). The fourth-order valence-electron chi connectivity index (χ4n) is 5.00. The number of benzene rings is 3. The Kier molecular flexibility index (Phi) is 7.81. The highest BCUT2D eigenvalue weighted by Gasteiger charge is 2.26. The fourth-order valence-corrected chi connectivity index (χ4v) is 5.98. The zero-order valence-corrected chi connectivity index (χ0v) is 23.0. The number of sulfonamides is 1. The molecule has 0 radical (unpaired) electrons. The van der Waals surface area contributed by atoms with Crippen molar-refractivity contribution in [1.82, 2.24) is 15.3 Å². The van der Waals surface area contributed by atoms with Gasteiger partial charge in [0.15, 0.2) is 0 Å². The van der Waals surface area contributed by atoms with Gasteiger partial charge in [-0.1, -0.05) is 54.6 Å². The number of carbonyl (C=O) groups is 1. The molecule has 206 valence electrons. The van der Waals surface area contributed by atoms with E-state index in [0.717, 1.165) is 35.7 Å². The molecule has 1 saturated heterocycles. The first-order valence-electron chi connectivity index (χ1n) is 12.9. The van der Waals surface area contributed by atoms with Gasteiger partial charge in [0, 0.05) is 24.7 Å². The van der Waals surface area contributed by atoms with E-state index in [1.54, 1.807) is 6.07 Å². The second kappa shape index (κ2) is 11.4. The van der Waals surface area contributed by atoms with Crippen LogP contribution >= 0.6 is 0 Å². The Morgan fingerprint density at radius 1 is 0.950 bits per heavy atom. The van der Waals surface area contributed by atoms with Gasteiger partial charge in [0.05, 0.1) is 16.2 Å². The van der Waals surface area contributed by atoms with Gasteiger partial charge in [-0.3, -0.25) is 0 Å². The maximum atomic E-state index is 13.2. The van der Waals surface area contributed by atoms with Gasteiger partial charge < -0.3 is 15.2 Å². The minimum atomic E-state index is -4.19. The van der Waals surface area contributed by atoms with Gasteiger partial charge in [0.2, 0.25) is 11.8 Å². The number of aromatic carboxylic acids is 1. The zero-order valence-electron chi connectivity index (χ0n) is 22.2. The SMILES string of the molecule is Cc1cccc(C)c1-c1cc(OC2CNCC(c3ccccc3)C2)nc(NS(=O)(=O)c2cccc(C(=O)O)c2)n1. The van der Waals surface area contributed by atoms with Crippen molar-refractivity contribution in [2.24, 2.45) is 0 Å². The average Bonchev–Trinajstić information content (AvgIpc) is 2.93. The van der Waals surface area contributed by atoms with Crippen LogP contribution in [0.1, 0.15) is 39.4 Å². The lowest BCUT2D eigenvalue weighted by Gasteiger charge is -2.30. The number of hydrogen-bond acceptors (Lipinski definition) is 7. The maximum absolute atomic E-state index is 13.2. The van der Waals surface area contributed by atoms with Crippen molar-refractivity contribution in [1.29, 1.82) is 0 Å². The number of piperidine rings is 1. The number of nitrogens with zero attached hydrogens (tertiary/aromatic N) is 2. The highest BCUT2D eigenvalue weighted by Crippen LogP contribution is 2.31. The minimum absolute atomic E-state index is 0.144. The predicted molar refractivity (Wildman–Crippen MR) is 152 cm³/mol. The van der Waals surface area contributed by atoms with Crippen LogP contribution in [0.15, 0.2) is 83.8 Å². The highest BCUT2D eigenvalue weighted by molar-refractivity contribution is 7.92. The van der Waals surface area contributed by atoms with Gasteiger partial charge in [-0.05, 0) is 61.1 Å². The number of rotatable bonds is 8. The summed E-state index contributed by atoms with van der Waals surface area (Å²) in [6, 6.07) is 22.9. The Morgan fingerprint density at radius 2 is 1.68 bits per heavy atom. The van der Waals surface area contributed by atoms with Crippen molar-refractivity contribution in [3.05, 3.63) is 101 Å². The second-order valence-electron chi connectivity index (χ2n) is 9.86. The van der Waals surface area contributed by atoms with Crippen LogP contribution < -0.4 is 14.8 Å². The first-order chi connectivity index (χ1) is 19.2. The van der Waals surface area contributed by atoms with E-state index in [2.05, 4.69) is 32.1 Å². The van der Waals surface area contributed by atoms with E-state index in [9.17, 15) is 18.3 Å². The van der Waals surface area contributed by atoms with E-state index >= 15 is 0 Å². The predicted octanol–water partition coefficient (Wildman–Crippen LogP) is 4.78. The van der Waals surface area contributed by atoms with Crippen molar-refractivity contribution in [2.75, 3.05) is 17.8 Å². The number of aromatic nitrogens is 2. The van der Waals surface area contributed by atoms with E-state index in [-0.39, 0.29) is 34.3 Å². The Labute approximate surface area is 233 Å². The Hall–Kier alpha value is -4.28. The van der Waals surface area contributed by atoms with Gasteiger partial charge in [0.25, 0.3) is 10.0 Å². The number of carboxylic acids is 1. The summed E-state index contributed by atoms with van der Waals surface area (Å²) in [5.41, 5.74) is 4.38. The summed E-state index contributed by atoms with van der Waals surface area (Å²) in [6.07, 6.45) is 0.569. The quantitative estimate of drug-likeness (QED) is 0.282. The Bertz CT molecular complexity index is 1620. The van der Waals surface area contributed by atoms with E-state index < -0.39 is 16.0 Å². The van der Waals surface area contributed by atoms with Gasteiger partial charge in [-0.2, -0.15) is 4.98 Å². The normalized spacial score (nSPS) is 17.2. The molecule has 4 aromatic rings. The second-order valence-corrected chi connectivity index (χ2v) is 11.5. The first-order valence-corrected chi connectivity index (χ1v) is 14.4. The van der Waals surface area contributed by atoms with Gasteiger partial charge in [-0.15, -0.1) is 0 Å². The van der Waals surface area contributed by atoms with Crippen molar-refractivity contribution in [2.45, 2.75) is 37.2 Å². The van der Waals surface area contributed by atoms with Gasteiger partial charge in [-0.25, -0.2) is 22.9 Å². The van der Waals surface area contributed by atoms with E-state index in [0.29, 0.717) is 12.2 Å². The number of ether oxygens (including phenoxy) is 1. The van der Waals surface area contributed by atoms with Crippen molar-refractivity contribution in [3.8, 4) is 17.1 Å². The molecule has 1 fully saturated rings. The molecule has 3 N–H and O–H groups in total. The molecule has 0 amide bonds. The molecule has 0 spiro atoms. The molecule has 40 heavy (non-hydrogen) atoms. The van der Waals surface area contributed by atoms with Crippen molar-refractivity contribution < 1.29 is 23.1 Å². The minimum Gasteiger partial charge on any atom is -0.478 e. The molecule has 0 bridgehead atoms. The smallest absolute Gasteiger partial charge is 0.335 e. The van der Waals surface area contributed by atoms with Crippen LogP contribution in [0.5, 0.6) is 5.88 Å². The summed E-state index contributed by atoms with van der Waals surface area (Å²) < 4.78 is 35.2. The third-order valence-corrected chi connectivity index (χ3v) is 8.25. The fraction of sp³-hybridized carbons (Fsp3) is 0.233. The van der Waals surface area contributed by atoms with Crippen LogP contribution in [0, 0.1) is 13.8 Å². The molecule has 1 aromatic heterocycles. The topological polar surface area (TPSA) is 131 Å². The molecule has 10 heteroatoms. The Morgan fingerprint density at radius 3 is 2.40 bits per heavy atom. The summed E-state index contributed by atoms with van der Waals surface area (Å²) in [6.45, 7) is 5.38. The van der Waals surface area contributed by atoms with Crippen LogP contribution in [0.2, 0.25) is 0 Å². The summed E-state index contributed by atoms with van der Waals surface area (Å²) in [5, 5.41) is 12.7. The first kappa shape index (κ1) is 27.3. The van der Waals surface area contributed by atoms with E-state index in [1.807, 2.05) is 50.2 Å². The molecule has 9 nitrogen and oxygen atoms in total. The monoisotopic (exact) mass is 558 g/mol. The molecule has 0 saturated carbocycles. The summed E-state index contributed by atoms with van der Waals surface area (Å²) in [7, 11) is -4.19. The molecule has 3 aromatic carbocycles. The van der Waals surface area contributed by atoms with Crippen LogP contribution in [0.4, 0.5) is 5.95 Å². The third kappa shape index (κ3) is 6.13. The summed E-state index contributed by atoms with van der Waals surface area (Å²) >= 11 is 0. The number of carboxylic acid groups (broad SMARTS) is 1. The van der Waals surface area contributed by atoms with Gasteiger partial charge >= 0.3 is 5.97 Å². The number of anilines is 1. The van der Waals surface area contributed by atoms with E-state index in [4.69, 9.17) is 4.74 Å². The van der Waals surface area contributed by atoms with Crippen LogP contribution in [-0.2, 0) is 10.0 Å². The lowest BCUT2D eigenvalue weighted by Crippen LogP contribution is -2.41. The Balaban J connectivity index is 1.49. The molecule has 1 aliphatic rings. The zero-order chi connectivity index (χ0) is 28.3. The molecular weight excluding hydrogens is 528 g/mol. The molecular formula is C30H30N4O5S. The number of aryl methyl sites for hydroxylation is 2. The number of nitrogens with one attached hydrogen (secondary N) is 2. The molecule has 2 heterocycles. The van der Waals surface area contributed by atoms with Crippen LogP contribution in [-0.4, -0.2) is 48.7 Å². The maximum Gasteiger partial charge on any atom is 0.335 e. The summed E-state index contributed by atoms with van der Waals surface area (Å²) in [5.74, 6) is -0.889.